The maximum absolute atomic E-state index is 12.6. The normalized spacial score (nSPS) is 13.2. The van der Waals surface area contributed by atoms with E-state index in [1.54, 1.807) is 11.4 Å². The summed E-state index contributed by atoms with van der Waals surface area (Å²) in [6.07, 6.45) is 1.83. The minimum Gasteiger partial charge on any atom is -0.454 e. The lowest BCUT2D eigenvalue weighted by Crippen LogP contribution is -2.37. The highest BCUT2D eigenvalue weighted by molar-refractivity contribution is 5.76. The molecule has 0 saturated heterocycles. The van der Waals surface area contributed by atoms with Crippen molar-refractivity contribution < 1.29 is 9.47 Å². The van der Waals surface area contributed by atoms with Gasteiger partial charge in [-0.1, -0.05) is 0 Å². The Morgan fingerprint density at radius 1 is 1.08 bits per heavy atom. The lowest BCUT2D eigenvalue weighted by atomic mass is 10.2. The molecule has 0 fully saturated rings. The largest absolute Gasteiger partial charge is 0.454 e. The van der Waals surface area contributed by atoms with Gasteiger partial charge in [0.05, 0.1) is 5.69 Å². The van der Waals surface area contributed by atoms with Crippen molar-refractivity contribution in [2.24, 2.45) is 14.1 Å². The smallest absolute Gasteiger partial charge is 0.332 e. The molecular formula is C17H15N5O4. The summed E-state index contributed by atoms with van der Waals surface area (Å²) in [5.74, 6) is 1.90. The molecule has 0 atom stereocenters. The van der Waals surface area contributed by atoms with Crippen LogP contribution in [0.4, 0.5) is 0 Å². The number of hydrogen-bond donors (Lipinski definition) is 0. The third kappa shape index (κ3) is 1.71. The lowest BCUT2D eigenvalue weighted by molar-refractivity contribution is 0.174. The minimum absolute atomic E-state index is 0.199. The predicted octanol–water partition coefficient (Wildman–Crippen LogP) is 0.713. The Kier molecular flexibility index (Phi) is 2.72. The molecule has 4 aromatic rings. The molecule has 1 aliphatic heterocycles. The molecule has 1 aliphatic rings. The van der Waals surface area contributed by atoms with Crippen LogP contribution in [0.25, 0.3) is 22.6 Å². The Hall–Kier alpha value is -3.49. The Labute approximate surface area is 146 Å². The minimum atomic E-state index is -0.408. The molecule has 0 unspecified atom stereocenters. The summed E-state index contributed by atoms with van der Waals surface area (Å²) in [4.78, 5) is 29.4. The molecule has 9 nitrogen and oxygen atoms in total. The third-order valence-electron chi connectivity index (χ3n) is 4.76. The number of aromatic nitrogens is 5. The van der Waals surface area contributed by atoms with Crippen molar-refractivity contribution in [1.29, 1.82) is 0 Å². The number of rotatable bonds is 1. The zero-order valence-corrected chi connectivity index (χ0v) is 14.4. The average Bonchev–Trinajstić information content (AvgIpc) is 3.30. The van der Waals surface area contributed by atoms with E-state index in [0.29, 0.717) is 28.4 Å². The fourth-order valence-electron chi connectivity index (χ4n) is 3.43. The van der Waals surface area contributed by atoms with Crippen LogP contribution < -0.4 is 20.7 Å². The van der Waals surface area contributed by atoms with Gasteiger partial charge in [0.1, 0.15) is 0 Å². The Morgan fingerprint density at radius 2 is 1.85 bits per heavy atom. The molecule has 0 amide bonds. The molecule has 0 bridgehead atoms. The SMILES string of the molecule is Cc1cn2c3c(=O)n(C)c(=O)n(C)c3nc2n1-c1ccc2c(c1)OCO2. The van der Waals surface area contributed by atoms with E-state index in [9.17, 15) is 9.59 Å². The van der Waals surface area contributed by atoms with Crippen molar-refractivity contribution in [2.45, 2.75) is 6.92 Å². The highest BCUT2D eigenvalue weighted by Gasteiger charge is 2.21. The average molecular weight is 353 g/mol. The summed E-state index contributed by atoms with van der Waals surface area (Å²) < 4.78 is 16.9. The van der Waals surface area contributed by atoms with Gasteiger partial charge < -0.3 is 9.47 Å². The van der Waals surface area contributed by atoms with E-state index in [-0.39, 0.29) is 12.4 Å². The number of hydrogen-bond acceptors (Lipinski definition) is 5. The maximum Gasteiger partial charge on any atom is 0.332 e. The van der Waals surface area contributed by atoms with Gasteiger partial charge in [-0.3, -0.25) is 22.9 Å². The van der Waals surface area contributed by atoms with Gasteiger partial charge in [0, 0.05) is 32.1 Å². The summed E-state index contributed by atoms with van der Waals surface area (Å²) in [6.45, 7) is 2.13. The zero-order valence-electron chi connectivity index (χ0n) is 14.4. The van der Waals surface area contributed by atoms with Crippen LogP contribution in [0.3, 0.4) is 0 Å². The van der Waals surface area contributed by atoms with Crippen molar-refractivity contribution in [3.05, 3.63) is 50.9 Å². The fourth-order valence-corrected chi connectivity index (χ4v) is 3.43. The molecule has 132 valence electrons. The summed E-state index contributed by atoms with van der Waals surface area (Å²) >= 11 is 0. The first kappa shape index (κ1) is 14.8. The van der Waals surface area contributed by atoms with E-state index in [1.165, 1.54) is 11.6 Å². The summed E-state index contributed by atoms with van der Waals surface area (Å²) in [5, 5.41) is 0. The van der Waals surface area contributed by atoms with Crippen LogP contribution in [0, 0.1) is 6.92 Å². The molecule has 4 heterocycles. The molecule has 0 saturated carbocycles. The van der Waals surface area contributed by atoms with Gasteiger partial charge in [-0.05, 0) is 19.1 Å². The van der Waals surface area contributed by atoms with Crippen LogP contribution in [0.1, 0.15) is 5.69 Å². The lowest BCUT2D eigenvalue weighted by Gasteiger charge is -2.06. The van der Waals surface area contributed by atoms with Crippen molar-refractivity contribution in [1.82, 2.24) is 23.1 Å². The zero-order chi connectivity index (χ0) is 18.2. The third-order valence-corrected chi connectivity index (χ3v) is 4.76. The second-order valence-electron chi connectivity index (χ2n) is 6.30. The molecular weight excluding hydrogens is 338 g/mol. The van der Waals surface area contributed by atoms with Crippen LogP contribution in [-0.2, 0) is 14.1 Å². The van der Waals surface area contributed by atoms with Crippen molar-refractivity contribution in [3.8, 4) is 17.2 Å². The first-order valence-corrected chi connectivity index (χ1v) is 8.03. The Morgan fingerprint density at radius 3 is 2.65 bits per heavy atom. The fraction of sp³-hybridized carbons (Fsp3) is 0.235. The maximum atomic E-state index is 12.6. The van der Waals surface area contributed by atoms with Crippen LogP contribution in [0.5, 0.6) is 11.5 Å². The van der Waals surface area contributed by atoms with Crippen LogP contribution in [-0.4, -0.2) is 29.9 Å². The summed E-state index contributed by atoms with van der Waals surface area (Å²) in [6, 6.07) is 5.61. The first-order valence-electron chi connectivity index (χ1n) is 8.03. The van der Waals surface area contributed by atoms with E-state index < -0.39 is 5.69 Å². The highest BCUT2D eigenvalue weighted by atomic mass is 16.7. The molecule has 0 N–H and O–H groups in total. The molecule has 9 heteroatoms. The van der Waals surface area contributed by atoms with Gasteiger partial charge in [-0.25, -0.2) is 4.79 Å². The van der Waals surface area contributed by atoms with Crippen molar-refractivity contribution >= 4 is 16.9 Å². The highest BCUT2D eigenvalue weighted by Crippen LogP contribution is 2.34. The van der Waals surface area contributed by atoms with Gasteiger partial charge in [0.2, 0.25) is 12.6 Å². The molecule has 26 heavy (non-hydrogen) atoms. The van der Waals surface area contributed by atoms with Crippen molar-refractivity contribution in [3.63, 3.8) is 0 Å². The molecule has 0 radical (unpaired) electrons. The second-order valence-corrected chi connectivity index (χ2v) is 6.30. The number of fused-ring (bicyclic) bond motifs is 4. The van der Waals surface area contributed by atoms with Gasteiger partial charge in [-0.15, -0.1) is 0 Å². The summed E-state index contributed by atoms with van der Waals surface area (Å²) in [5.41, 5.74) is 1.66. The number of nitrogens with zero attached hydrogens (tertiary/aromatic N) is 5. The van der Waals surface area contributed by atoms with Gasteiger partial charge in [0.15, 0.2) is 22.7 Å². The van der Waals surface area contributed by atoms with E-state index in [0.717, 1.165) is 15.9 Å². The van der Waals surface area contributed by atoms with Crippen LogP contribution >= 0.6 is 0 Å². The number of benzene rings is 1. The second kappa shape index (κ2) is 4.78. The van der Waals surface area contributed by atoms with Gasteiger partial charge >= 0.3 is 5.69 Å². The van der Waals surface area contributed by atoms with E-state index >= 15 is 0 Å². The summed E-state index contributed by atoms with van der Waals surface area (Å²) in [7, 11) is 3.07. The topological polar surface area (TPSA) is 84.7 Å². The molecule has 0 spiro atoms. The van der Waals surface area contributed by atoms with Gasteiger partial charge in [0.25, 0.3) is 5.56 Å². The van der Waals surface area contributed by atoms with E-state index in [2.05, 4.69) is 4.98 Å². The molecule has 3 aromatic heterocycles. The molecule has 1 aromatic carbocycles. The van der Waals surface area contributed by atoms with Crippen molar-refractivity contribution in [2.75, 3.05) is 6.79 Å². The predicted molar refractivity (Wildman–Crippen MR) is 93.4 cm³/mol. The quantitative estimate of drug-likeness (QED) is 0.503. The monoisotopic (exact) mass is 353 g/mol. The Balaban J connectivity index is 1.89. The van der Waals surface area contributed by atoms with Crippen LogP contribution in [0.2, 0.25) is 0 Å². The first-order chi connectivity index (χ1) is 12.5. The Bertz CT molecular complexity index is 1340. The van der Waals surface area contributed by atoms with Gasteiger partial charge in [-0.2, -0.15) is 4.98 Å². The number of aryl methyl sites for hydroxylation is 2. The van der Waals surface area contributed by atoms with E-state index in [1.807, 2.05) is 35.9 Å². The van der Waals surface area contributed by atoms with Crippen LogP contribution in [0.15, 0.2) is 34.0 Å². The number of imidazole rings is 2. The standard InChI is InChI=1S/C17H15N5O4/c1-9-7-21-13-14(19(2)17(24)20(3)15(13)23)18-16(21)22(9)10-4-5-11-12(6-10)26-8-25-11/h4-7H,8H2,1-3H3. The molecule has 0 aliphatic carbocycles. The number of ether oxygens (including phenoxy) is 2. The van der Waals surface area contributed by atoms with E-state index in [4.69, 9.17) is 9.47 Å². The molecule has 5 rings (SSSR count).